The quantitative estimate of drug-likeness (QED) is 0.783. The second-order valence-corrected chi connectivity index (χ2v) is 6.01. The van der Waals surface area contributed by atoms with Gasteiger partial charge in [0, 0.05) is 5.25 Å². The van der Waals surface area contributed by atoms with E-state index in [1.54, 1.807) is 6.92 Å². The summed E-state index contributed by atoms with van der Waals surface area (Å²) in [5.74, 6) is 1.93. The first-order chi connectivity index (χ1) is 7.22. The van der Waals surface area contributed by atoms with Crippen LogP contribution in [0.25, 0.3) is 0 Å². The minimum absolute atomic E-state index is 0.138. The molecule has 0 aromatic carbocycles. The Morgan fingerprint density at radius 3 is 2.87 bits per heavy atom. The first-order valence-electron chi connectivity index (χ1n) is 5.99. The Balaban J connectivity index is 2.03. The lowest BCUT2D eigenvalue weighted by Crippen LogP contribution is -2.51. The highest BCUT2D eigenvalue weighted by Gasteiger charge is 2.38. The first kappa shape index (κ1) is 11.5. The summed E-state index contributed by atoms with van der Waals surface area (Å²) in [5.41, 5.74) is 0. The van der Waals surface area contributed by atoms with Crippen molar-refractivity contribution in [3.8, 4) is 0 Å². The molecule has 1 N–H and O–H groups in total. The molecule has 1 aliphatic carbocycles. The molecule has 86 valence electrons. The Labute approximate surface area is 96.6 Å². The number of rotatable bonds is 2. The van der Waals surface area contributed by atoms with Crippen molar-refractivity contribution >= 4 is 17.5 Å². The summed E-state index contributed by atoms with van der Waals surface area (Å²) in [5, 5.41) is 4.20. The van der Waals surface area contributed by atoms with Crippen LogP contribution in [0.15, 0.2) is 0 Å². The van der Waals surface area contributed by atoms with Gasteiger partial charge in [-0.05, 0) is 50.8 Å². The fourth-order valence-corrected chi connectivity index (χ4v) is 4.25. The van der Waals surface area contributed by atoms with Crippen LogP contribution in [-0.4, -0.2) is 29.9 Å². The van der Waals surface area contributed by atoms with Gasteiger partial charge in [0.05, 0.1) is 6.04 Å². The van der Waals surface area contributed by atoms with E-state index in [4.69, 9.17) is 0 Å². The maximum absolute atomic E-state index is 11.4. The predicted octanol–water partition coefficient (Wildman–Crippen LogP) is 2.09. The summed E-state index contributed by atoms with van der Waals surface area (Å²) in [7, 11) is 0. The molecule has 0 spiro atoms. The van der Waals surface area contributed by atoms with E-state index in [-0.39, 0.29) is 6.04 Å². The molecule has 1 unspecified atom stereocenters. The number of fused-ring (bicyclic) bond motifs is 1. The van der Waals surface area contributed by atoms with Crippen LogP contribution in [0.2, 0.25) is 0 Å². The summed E-state index contributed by atoms with van der Waals surface area (Å²) in [6.45, 7) is 2.78. The van der Waals surface area contributed by atoms with Crippen LogP contribution in [0.4, 0.5) is 0 Å². The summed E-state index contributed by atoms with van der Waals surface area (Å²) in [6, 6.07) is 0.138. The Bertz CT molecular complexity index is 238. The number of hydrogen-bond acceptors (Lipinski definition) is 3. The molecular formula is C12H21NOS. The van der Waals surface area contributed by atoms with Crippen molar-refractivity contribution in [1.82, 2.24) is 5.32 Å². The molecule has 0 aromatic heterocycles. The van der Waals surface area contributed by atoms with Gasteiger partial charge in [-0.1, -0.05) is 6.42 Å². The third-order valence-electron chi connectivity index (χ3n) is 4.07. The van der Waals surface area contributed by atoms with Crippen molar-refractivity contribution in [2.75, 3.05) is 12.8 Å². The van der Waals surface area contributed by atoms with Gasteiger partial charge in [0.15, 0.2) is 0 Å². The minimum Gasteiger partial charge on any atom is -0.307 e. The van der Waals surface area contributed by atoms with E-state index in [0.717, 1.165) is 30.1 Å². The zero-order valence-electron chi connectivity index (χ0n) is 9.66. The van der Waals surface area contributed by atoms with Crippen LogP contribution in [0.3, 0.4) is 0 Å². The molecular weight excluding hydrogens is 206 g/mol. The lowest BCUT2D eigenvalue weighted by atomic mass is 9.73. The van der Waals surface area contributed by atoms with E-state index >= 15 is 0 Å². The molecule has 0 bridgehead atoms. The van der Waals surface area contributed by atoms with Crippen LogP contribution in [0, 0.1) is 11.8 Å². The molecule has 2 rings (SSSR count). The highest BCUT2D eigenvalue weighted by Crippen LogP contribution is 2.40. The third-order valence-corrected chi connectivity index (χ3v) is 5.27. The molecule has 0 aromatic rings. The monoisotopic (exact) mass is 227 g/mol. The van der Waals surface area contributed by atoms with Gasteiger partial charge in [-0.15, -0.1) is 0 Å². The van der Waals surface area contributed by atoms with E-state index in [1.807, 2.05) is 11.8 Å². The van der Waals surface area contributed by atoms with Crippen LogP contribution >= 0.6 is 11.8 Å². The summed E-state index contributed by atoms with van der Waals surface area (Å²) < 4.78 is 0. The van der Waals surface area contributed by atoms with Crippen molar-refractivity contribution in [2.24, 2.45) is 11.8 Å². The average molecular weight is 227 g/mol. The second-order valence-electron chi connectivity index (χ2n) is 4.94. The Kier molecular flexibility index (Phi) is 3.73. The second kappa shape index (κ2) is 4.88. The number of ketones is 1. The molecule has 15 heavy (non-hydrogen) atoms. The van der Waals surface area contributed by atoms with Crippen LogP contribution < -0.4 is 5.32 Å². The van der Waals surface area contributed by atoms with Gasteiger partial charge in [-0.3, -0.25) is 4.79 Å². The van der Waals surface area contributed by atoms with Gasteiger partial charge in [0.25, 0.3) is 0 Å². The first-order valence-corrected chi connectivity index (χ1v) is 7.27. The van der Waals surface area contributed by atoms with Crippen molar-refractivity contribution < 1.29 is 4.79 Å². The van der Waals surface area contributed by atoms with Crippen LogP contribution in [0.1, 0.15) is 32.6 Å². The van der Waals surface area contributed by atoms with Crippen molar-refractivity contribution in [2.45, 2.75) is 43.9 Å². The van der Waals surface area contributed by atoms with E-state index in [9.17, 15) is 4.79 Å². The summed E-state index contributed by atoms with van der Waals surface area (Å²) in [6.07, 6.45) is 7.38. The van der Waals surface area contributed by atoms with Gasteiger partial charge in [0.1, 0.15) is 5.78 Å². The standard InChI is InChI=1S/C12H21NOS/c1-8(14)11-6-10-9(7-13-11)4-3-5-12(10)15-2/h9-13H,3-7H2,1-2H3/t9-,10+,11+,12?/m1/s1. The van der Waals surface area contributed by atoms with Gasteiger partial charge >= 0.3 is 0 Å². The molecule has 3 heteroatoms. The molecule has 0 amide bonds. The summed E-state index contributed by atoms with van der Waals surface area (Å²) in [4.78, 5) is 11.4. The third kappa shape index (κ3) is 2.39. The van der Waals surface area contributed by atoms with Gasteiger partial charge in [-0.2, -0.15) is 11.8 Å². The van der Waals surface area contributed by atoms with E-state index in [1.165, 1.54) is 19.3 Å². The SMILES string of the molecule is CSC1CCC[C@@H]2CN[C@H](C(C)=O)C[C@H]12. The maximum Gasteiger partial charge on any atom is 0.146 e. The predicted molar refractivity (Wildman–Crippen MR) is 65.2 cm³/mol. The van der Waals surface area contributed by atoms with Crippen molar-refractivity contribution in [1.29, 1.82) is 0 Å². The Hall–Kier alpha value is -0.0200. The minimum atomic E-state index is 0.138. The number of carbonyl (C=O) groups is 1. The number of Topliss-reactive ketones (excluding diaryl/α,β-unsaturated/α-hetero) is 1. The smallest absolute Gasteiger partial charge is 0.146 e. The lowest BCUT2D eigenvalue weighted by molar-refractivity contribution is -0.120. The largest absolute Gasteiger partial charge is 0.307 e. The van der Waals surface area contributed by atoms with Crippen molar-refractivity contribution in [3.63, 3.8) is 0 Å². The number of piperidine rings is 1. The molecule has 1 saturated carbocycles. The Morgan fingerprint density at radius 1 is 1.40 bits per heavy atom. The highest BCUT2D eigenvalue weighted by molar-refractivity contribution is 7.99. The fraction of sp³-hybridized carbons (Fsp3) is 0.917. The molecule has 1 saturated heterocycles. The molecule has 2 fully saturated rings. The molecule has 2 nitrogen and oxygen atoms in total. The molecule has 0 radical (unpaired) electrons. The van der Waals surface area contributed by atoms with Crippen LogP contribution in [0.5, 0.6) is 0 Å². The molecule has 2 aliphatic rings. The maximum atomic E-state index is 11.4. The zero-order valence-corrected chi connectivity index (χ0v) is 10.5. The number of hydrogen-bond donors (Lipinski definition) is 1. The number of nitrogens with one attached hydrogen (secondary N) is 1. The molecule has 4 atom stereocenters. The lowest BCUT2D eigenvalue weighted by Gasteiger charge is -2.43. The number of thioether (sulfide) groups is 1. The van der Waals surface area contributed by atoms with Gasteiger partial charge in [0.2, 0.25) is 0 Å². The molecule has 1 heterocycles. The zero-order chi connectivity index (χ0) is 10.8. The Morgan fingerprint density at radius 2 is 2.20 bits per heavy atom. The van der Waals surface area contributed by atoms with E-state index in [0.29, 0.717) is 5.78 Å². The van der Waals surface area contributed by atoms with Gasteiger partial charge in [-0.25, -0.2) is 0 Å². The normalized spacial score (nSPS) is 40.9. The highest BCUT2D eigenvalue weighted by atomic mass is 32.2. The van der Waals surface area contributed by atoms with Crippen LogP contribution in [-0.2, 0) is 4.79 Å². The average Bonchev–Trinajstić information content (AvgIpc) is 2.27. The van der Waals surface area contributed by atoms with E-state index in [2.05, 4.69) is 11.6 Å². The number of carbonyl (C=O) groups excluding carboxylic acids is 1. The van der Waals surface area contributed by atoms with Crippen molar-refractivity contribution in [3.05, 3.63) is 0 Å². The topological polar surface area (TPSA) is 29.1 Å². The summed E-state index contributed by atoms with van der Waals surface area (Å²) >= 11 is 2.01. The van der Waals surface area contributed by atoms with E-state index < -0.39 is 0 Å². The van der Waals surface area contributed by atoms with Gasteiger partial charge < -0.3 is 5.32 Å². The molecule has 1 aliphatic heterocycles. The fourth-order valence-electron chi connectivity index (χ4n) is 3.16.